The molecule has 3 aliphatic rings. The zero-order chi connectivity index (χ0) is 45.5. The van der Waals surface area contributed by atoms with E-state index in [4.69, 9.17) is 28.9 Å². The maximum Gasteiger partial charge on any atom is 0.269 e. The van der Waals surface area contributed by atoms with Gasteiger partial charge in [-0.15, -0.1) is 6.58 Å². The van der Waals surface area contributed by atoms with Gasteiger partial charge >= 0.3 is 0 Å². The third kappa shape index (κ3) is 11.1. The van der Waals surface area contributed by atoms with E-state index in [1.54, 1.807) is 59.5 Å². The lowest BCUT2D eigenvalue weighted by molar-refractivity contribution is -0.384. The van der Waals surface area contributed by atoms with Crippen molar-refractivity contribution < 1.29 is 53.6 Å². The molecule has 15 nitrogen and oxygen atoms in total. The Morgan fingerprint density at radius 1 is 0.984 bits per heavy atom. The molecular formula is C49H59N3O12. The van der Waals surface area contributed by atoms with Crippen molar-refractivity contribution in [1.29, 1.82) is 0 Å². The molecule has 6 atom stereocenters. The summed E-state index contributed by atoms with van der Waals surface area (Å²) in [5.74, 6) is -1.33. The molecule has 0 saturated heterocycles. The van der Waals surface area contributed by atoms with Crippen LogP contribution in [0.1, 0.15) is 79.3 Å². The second-order valence-corrected chi connectivity index (χ2v) is 16.0. The second-order valence-electron chi connectivity index (χ2n) is 16.0. The highest BCUT2D eigenvalue weighted by Crippen LogP contribution is 2.62. The van der Waals surface area contributed by atoms with Gasteiger partial charge in [-0.2, -0.15) is 0 Å². The molecule has 1 heterocycles. The number of amides is 1. The van der Waals surface area contributed by atoms with Crippen LogP contribution in [0.2, 0.25) is 0 Å². The van der Waals surface area contributed by atoms with E-state index in [9.17, 15) is 35.0 Å². The molecule has 0 radical (unpaired) electrons. The number of benzene rings is 3. The van der Waals surface area contributed by atoms with E-state index in [2.05, 4.69) is 12.7 Å². The van der Waals surface area contributed by atoms with Crippen LogP contribution in [-0.2, 0) is 19.1 Å². The Morgan fingerprint density at radius 3 is 2.45 bits per heavy atom. The summed E-state index contributed by atoms with van der Waals surface area (Å²) < 4.78 is 26.5. The van der Waals surface area contributed by atoms with Crippen LogP contribution in [-0.4, -0.2) is 108 Å². The Kier molecular flexibility index (Phi) is 17.4. The van der Waals surface area contributed by atoms with E-state index in [0.29, 0.717) is 46.9 Å². The normalized spacial score (nSPS) is 22.8. The molecule has 1 fully saturated rings. The van der Waals surface area contributed by atoms with Crippen LogP contribution in [0.5, 0.6) is 17.2 Å². The molecule has 1 saturated carbocycles. The number of nitrogens with zero attached hydrogens (tertiary/aromatic N) is 3. The van der Waals surface area contributed by atoms with Crippen molar-refractivity contribution >= 4 is 29.7 Å². The number of allylic oxidation sites excluding steroid dienone is 1. The van der Waals surface area contributed by atoms with Gasteiger partial charge in [-0.3, -0.25) is 19.7 Å². The number of hydrogen-bond acceptors (Lipinski definition) is 13. The minimum absolute atomic E-state index is 0.0102. The first-order valence-corrected chi connectivity index (χ1v) is 22.1. The third-order valence-electron chi connectivity index (χ3n) is 12.1. The van der Waals surface area contributed by atoms with Gasteiger partial charge in [-0.1, -0.05) is 42.3 Å². The van der Waals surface area contributed by atoms with Crippen LogP contribution < -0.4 is 9.47 Å². The topological polar surface area (TPSA) is 200 Å². The van der Waals surface area contributed by atoms with Crippen molar-refractivity contribution in [2.75, 3.05) is 52.8 Å². The summed E-state index contributed by atoms with van der Waals surface area (Å²) in [7, 11) is 0. The molecule has 3 N–H and O–H groups in total. The van der Waals surface area contributed by atoms with Crippen LogP contribution in [0.15, 0.2) is 102 Å². The summed E-state index contributed by atoms with van der Waals surface area (Å²) in [5, 5.41) is 45.5. The number of aliphatic hydroxyl groups is 3. The molecule has 6 rings (SSSR count). The number of non-ortho nitro benzene ring substituents is 1. The number of nitro benzene ring substituents is 1. The van der Waals surface area contributed by atoms with E-state index in [1.807, 2.05) is 19.1 Å². The molecular weight excluding hydrogens is 823 g/mol. The fraction of sp³-hybridized carbons (Fsp3) is 0.449. The number of oxime groups is 1. The Balaban J connectivity index is 1.56. The first-order valence-electron chi connectivity index (χ1n) is 22.1. The molecule has 342 valence electrons. The summed E-state index contributed by atoms with van der Waals surface area (Å²) in [6.45, 7) is 6.27. The molecule has 3 aromatic carbocycles. The number of unbranched alkanes of at least 4 members (excludes halogenated alkanes) is 2. The van der Waals surface area contributed by atoms with Crippen LogP contribution in [0.25, 0.3) is 6.08 Å². The number of carbonyl (C=O) groups excluding carboxylic acids is 2. The summed E-state index contributed by atoms with van der Waals surface area (Å²) >= 11 is 0. The predicted octanol–water partition coefficient (Wildman–Crippen LogP) is 7.40. The summed E-state index contributed by atoms with van der Waals surface area (Å²) in [4.78, 5) is 44.8. The Labute approximate surface area is 373 Å². The van der Waals surface area contributed by atoms with Crippen molar-refractivity contribution in [1.82, 2.24) is 4.90 Å². The maximum atomic E-state index is 14.8. The van der Waals surface area contributed by atoms with E-state index in [0.717, 1.165) is 43.1 Å². The highest BCUT2D eigenvalue weighted by molar-refractivity contribution is 6.03. The lowest BCUT2D eigenvalue weighted by atomic mass is 9.55. The fourth-order valence-electron chi connectivity index (χ4n) is 9.36. The third-order valence-corrected chi connectivity index (χ3v) is 12.1. The zero-order valence-corrected chi connectivity index (χ0v) is 36.3. The number of aliphatic hydroxyl groups excluding tert-OH is 3. The molecule has 0 bridgehead atoms. The van der Waals surface area contributed by atoms with E-state index >= 15 is 0 Å². The van der Waals surface area contributed by atoms with Gasteiger partial charge in [0, 0.05) is 61.4 Å². The van der Waals surface area contributed by atoms with Crippen molar-refractivity contribution in [2.24, 2.45) is 22.9 Å². The maximum absolute atomic E-state index is 14.8. The van der Waals surface area contributed by atoms with Gasteiger partial charge in [0.2, 0.25) is 11.7 Å². The first kappa shape index (κ1) is 47.8. The van der Waals surface area contributed by atoms with Gasteiger partial charge in [0.1, 0.15) is 36.2 Å². The fourth-order valence-corrected chi connectivity index (χ4v) is 9.36. The second kappa shape index (κ2) is 23.3. The average Bonchev–Trinajstić information content (AvgIpc) is 3.31. The van der Waals surface area contributed by atoms with Crippen molar-refractivity contribution in [3.05, 3.63) is 124 Å². The Hall–Kier alpha value is -5.71. The number of carbonyl (C=O) groups is 2. The standard InChI is InChI=1S/C49H59N3O12/c1-3-26-61-49-45(51(22-27-60-28-25-55)46(57)21-16-34-14-17-37(18-15-34)52(58)59)32-43(50-62-4-2)41-30-36(11-5-7-23-53)40(13-6-8-24-54)47(48(41)49)42-31-39(19-20-44(42)64-49)63-38-12-9-10-35(29-38)33-56/h3,9-10,12,14-21,29-31,33,36,40,45,47-48,53-55H,1,4-8,11,13,22-28,32H2,2H3/t36-,40+,45-,47+,48+,49+/m0/s1. The van der Waals surface area contributed by atoms with Crippen LogP contribution in [0, 0.1) is 27.9 Å². The molecule has 0 spiro atoms. The number of rotatable bonds is 25. The quantitative estimate of drug-likeness (QED) is 0.0191. The first-order chi connectivity index (χ1) is 31.2. The number of ether oxygens (including phenoxy) is 4. The van der Waals surface area contributed by atoms with Crippen LogP contribution in [0.3, 0.4) is 0 Å². The predicted molar refractivity (Wildman–Crippen MR) is 240 cm³/mol. The molecule has 1 amide bonds. The molecule has 0 aromatic heterocycles. The number of aldehydes is 1. The molecule has 2 aliphatic carbocycles. The van der Waals surface area contributed by atoms with E-state index < -0.39 is 28.6 Å². The van der Waals surface area contributed by atoms with Gasteiger partial charge in [-0.25, -0.2) is 0 Å². The zero-order valence-electron chi connectivity index (χ0n) is 36.3. The van der Waals surface area contributed by atoms with Gasteiger partial charge in [-0.05, 0) is 104 Å². The molecule has 15 heteroatoms. The largest absolute Gasteiger partial charge is 0.459 e. The van der Waals surface area contributed by atoms with Crippen LogP contribution >= 0.6 is 0 Å². The summed E-state index contributed by atoms with van der Waals surface area (Å²) in [6.07, 6.45) is 12.1. The van der Waals surface area contributed by atoms with Crippen molar-refractivity contribution in [3.63, 3.8) is 0 Å². The van der Waals surface area contributed by atoms with Gasteiger partial charge in [0.15, 0.2) is 0 Å². The van der Waals surface area contributed by atoms with Crippen molar-refractivity contribution in [3.8, 4) is 17.2 Å². The highest BCUT2D eigenvalue weighted by Gasteiger charge is 2.65. The van der Waals surface area contributed by atoms with Gasteiger partial charge in [0.25, 0.3) is 5.69 Å². The molecule has 64 heavy (non-hydrogen) atoms. The molecule has 3 aromatic rings. The average molecular weight is 882 g/mol. The Morgan fingerprint density at radius 2 is 1.75 bits per heavy atom. The highest BCUT2D eigenvalue weighted by atomic mass is 16.7. The van der Waals surface area contributed by atoms with Gasteiger partial charge < -0.3 is 44.0 Å². The van der Waals surface area contributed by atoms with Crippen LogP contribution in [0.4, 0.5) is 5.69 Å². The lowest BCUT2D eigenvalue weighted by Gasteiger charge is -2.60. The smallest absolute Gasteiger partial charge is 0.269 e. The monoisotopic (exact) mass is 881 g/mol. The minimum atomic E-state index is -1.54. The molecule has 1 aliphatic heterocycles. The Bertz CT molecular complexity index is 2160. The SMILES string of the molecule is C=CCO[C@@]12Oc3ccc(Oc4cccc(C=O)c4)cc3[C@H]3[C@H](CCCCO)[C@@H](CCCCO)C=C(C(=NOCC)C[C@@H]1N(CCOCCO)C(=O)C=Cc1ccc([N+](=O)[O-])cc1)[C@H]32. The lowest BCUT2D eigenvalue weighted by Crippen LogP contribution is -2.70. The molecule has 0 unspecified atom stereocenters. The summed E-state index contributed by atoms with van der Waals surface area (Å²) in [5.41, 5.74) is 3.32. The number of nitro groups is 1. The number of hydrogen-bond donors (Lipinski definition) is 3. The minimum Gasteiger partial charge on any atom is -0.459 e. The van der Waals surface area contributed by atoms with E-state index in [-0.39, 0.29) is 82.7 Å². The summed E-state index contributed by atoms with van der Waals surface area (Å²) in [6, 6.07) is 17.5. The van der Waals surface area contributed by atoms with Gasteiger partial charge in [0.05, 0.1) is 43.0 Å². The van der Waals surface area contributed by atoms with E-state index in [1.165, 1.54) is 18.2 Å². The number of fused-ring (bicyclic) bond motifs is 2. The van der Waals surface area contributed by atoms with Crippen molar-refractivity contribution in [2.45, 2.75) is 69.6 Å².